The van der Waals surface area contributed by atoms with Gasteiger partial charge in [0.15, 0.2) is 0 Å². The Morgan fingerprint density at radius 3 is 2.60 bits per heavy atom. The predicted octanol–water partition coefficient (Wildman–Crippen LogP) is 2.18. The smallest absolute Gasteiger partial charge is 0.441 e. The average molecular weight is 314 g/mol. The Morgan fingerprint density at radius 2 is 2.00 bits per heavy atom. The normalized spacial score (nSPS) is 23.1. The second-order valence-corrected chi connectivity index (χ2v) is 5.75. The third-order valence-electron chi connectivity index (χ3n) is 3.01. The van der Waals surface area contributed by atoms with Gasteiger partial charge in [-0.15, -0.1) is 0 Å². The highest BCUT2D eigenvalue weighted by atomic mass is 32.2. The van der Waals surface area contributed by atoms with E-state index in [4.69, 9.17) is 5.11 Å². The van der Waals surface area contributed by atoms with Crippen molar-refractivity contribution in [3.05, 3.63) is 0 Å². The summed E-state index contributed by atoms with van der Waals surface area (Å²) in [6, 6.07) is -0.788. The summed E-state index contributed by atoms with van der Waals surface area (Å²) in [5.74, 6) is -1.59. The van der Waals surface area contributed by atoms with E-state index in [1.165, 1.54) is 0 Å². The minimum atomic E-state index is -4.30. The molecule has 5 nitrogen and oxygen atoms in total. The fourth-order valence-corrected chi connectivity index (χ4v) is 2.55. The average Bonchev–Trinajstić information content (AvgIpc) is 2.34. The largest absolute Gasteiger partial charge is 0.481 e. The van der Waals surface area contributed by atoms with Crippen LogP contribution in [0.5, 0.6) is 0 Å². The van der Waals surface area contributed by atoms with Gasteiger partial charge in [-0.1, -0.05) is 6.42 Å². The first-order valence-corrected chi connectivity index (χ1v) is 7.24. The number of carboxylic acid groups (broad SMARTS) is 1. The second kappa shape index (κ2) is 7.61. The van der Waals surface area contributed by atoms with Crippen molar-refractivity contribution < 1.29 is 27.9 Å². The summed E-state index contributed by atoms with van der Waals surface area (Å²) in [5.41, 5.74) is -4.30. The minimum absolute atomic E-state index is 0.0922. The van der Waals surface area contributed by atoms with Crippen LogP contribution in [0.15, 0.2) is 0 Å². The number of urea groups is 1. The molecule has 20 heavy (non-hydrogen) atoms. The van der Waals surface area contributed by atoms with Crippen LogP contribution in [0.3, 0.4) is 0 Å². The third-order valence-corrected chi connectivity index (χ3v) is 3.75. The van der Waals surface area contributed by atoms with E-state index in [0.717, 1.165) is 0 Å². The van der Waals surface area contributed by atoms with Gasteiger partial charge in [0.2, 0.25) is 0 Å². The van der Waals surface area contributed by atoms with E-state index >= 15 is 0 Å². The molecule has 0 saturated heterocycles. The number of alkyl halides is 3. The van der Waals surface area contributed by atoms with Crippen molar-refractivity contribution in [2.24, 2.45) is 5.92 Å². The monoisotopic (exact) mass is 314 g/mol. The van der Waals surface area contributed by atoms with Crippen molar-refractivity contribution in [3.8, 4) is 0 Å². The summed E-state index contributed by atoms with van der Waals surface area (Å²) < 4.78 is 35.6. The molecular weight excluding hydrogens is 297 g/mol. The number of hydrogen-bond acceptors (Lipinski definition) is 3. The second-order valence-electron chi connectivity index (χ2n) is 4.59. The lowest BCUT2D eigenvalue weighted by Gasteiger charge is -2.27. The molecule has 1 aliphatic carbocycles. The van der Waals surface area contributed by atoms with Crippen LogP contribution in [0.1, 0.15) is 25.7 Å². The first-order chi connectivity index (χ1) is 9.28. The highest BCUT2D eigenvalue weighted by Gasteiger charge is 2.29. The fourth-order valence-electron chi connectivity index (χ4n) is 2.11. The number of amides is 2. The van der Waals surface area contributed by atoms with E-state index < -0.39 is 23.4 Å². The van der Waals surface area contributed by atoms with Crippen LogP contribution in [0.2, 0.25) is 0 Å². The zero-order valence-electron chi connectivity index (χ0n) is 10.7. The van der Waals surface area contributed by atoms with Gasteiger partial charge in [0.05, 0.1) is 5.92 Å². The van der Waals surface area contributed by atoms with Gasteiger partial charge in [-0.25, -0.2) is 4.79 Å². The van der Waals surface area contributed by atoms with Crippen LogP contribution < -0.4 is 10.6 Å². The van der Waals surface area contributed by atoms with Gasteiger partial charge in [-0.2, -0.15) is 13.2 Å². The molecule has 0 spiro atoms. The van der Waals surface area contributed by atoms with Gasteiger partial charge in [-0.3, -0.25) is 4.79 Å². The lowest BCUT2D eigenvalue weighted by atomic mass is 9.86. The van der Waals surface area contributed by atoms with Gasteiger partial charge >= 0.3 is 17.5 Å². The number of hydrogen-bond donors (Lipinski definition) is 3. The molecule has 1 rings (SSSR count). The van der Waals surface area contributed by atoms with Gasteiger partial charge in [0.25, 0.3) is 0 Å². The molecule has 116 valence electrons. The summed E-state index contributed by atoms with van der Waals surface area (Å²) in [6.07, 6.45) is 2.36. The van der Waals surface area contributed by atoms with Crippen LogP contribution in [0, 0.1) is 5.92 Å². The Morgan fingerprint density at radius 1 is 1.30 bits per heavy atom. The molecule has 0 aromatic heterocycles. The number of halogens is 3. The molecule has 1 aliphatic rings. The number of nitrogens with one attached hydrogen (secondary N) is 2. The summed E-state index contributed by atoms with van der Waals surface area (Å²) >= 11 is -0.194. The van der Waals surface area contributed by atoms with Crippen molar-refractivity contribution in [2.75, 3.05) is 12.3 Å². The topological polar surface area (TPSA) is 78.4 Å². The zero-order chi connectivity index (χ0) is 15.2. The molecule has 0 aromatic carbocycles. The van der Waals surface area contributed by atoms with Crippen molar-refractivity contribution in [3.63, 3.8) is 0 Å². The van der Waals surface area contributed by atoms with Crippen molar-refractivity contribution in [2.45, 2.75) is 37.2 Å². The van der Waals surface area contributed by atoms with E-state index in [2.05, 4.69) is 10.6 Å². The third kappa shape index (κ3) is 6.88. The van der Waals surface area contributed by atoms with E-state index in [1.54, 1.807) is 0 Å². The first-order valence-electron chi connectivity index (χ1n) is 6.26. The maximum atomic E-state index is 11.9. The van der Waals surface area contributed by atoms with E-state index in [-0.39, 0.29) is 30.1 Å². The Balaban J connectivity index is 2.20. The first kappa shape index (κ1) is 16.9. The van der Waals surface area contributed by atoms with Gasteiger partial charge < -0.3 is 15.7 Å². The molecule has 0 aliphatic heterocycles. The Labute approximate surface area is 118 Å². The maximum Gasteiger partial charge on any atom is 0.441 e. The zero-order valence-corrected chi connectivity index (χ0v) is 11.5. The predicted molar refractivity (Wildman–Crippen MR) is 68.4 cm³/mol. The maximum absolute atomic E-state index is 11.9. The SMILES string of the molecule is O=C(NCCSC(F)(F)F)NC1CCCC(C(=O)O)C1. The van der Waals surface area contributed by atoms with Crippen LogP contribution in [-0.2, 0) is 4.79 Å². The molecule has 0 aromatic rings. The van der Waals surface area contributed by atoms with E-state index in [9.17, 15) is 22.8 Å². The Bertz CT molecular complexity index is 352. The molecule has 2 unspecified atom stereocenters. The fraction of sp³-hybridized carbons (Fsp3) is 0.818. The molecule has 3 N–H and O–H groups in total. The summed E-state index contributed by atoms with van der Waals surface area (Å²) in [4.78, 5) is 22.3. The summed E-state index contributed by atoms with van der Waals surface area (Å²) in [5, 5.41) is 13.8. The van der Waals surface area contributed by atoms with Crippen LogP contribution in [0.25, 0.3) is 0 Å². The highest BCUT2D eigenvalue weighted by Crippen LogP contribution is 2.29. The lowest BCUT2D eigenvalue weighted by Crippen LogP contribution is -2.45. The van der Waals surface area contributed by atoms with E-state index in [1.807, 2.05) is 0 Å². The summed E-state index contributed by atoms with van der Waals surface area (Å²) in [7, 11) is 0. The quantitative estimate of drug-likeness (QED) is 0.680. The van der Waals surface area contributed by atoms with Crippen LogP contribution in [0.4, 0.5) is 18.0 Å². The van der Waals surface area contributed by atoms with Gasteiger partial charge in [-0.05, 0) is 31.0 Å². The standard InChI is InChI=1S/C11H17F3N2O3S/c12-11(13,14)20-5-4-15-10(19)16-8-3-1-2-7(6-8)9(17)18/h7-8H,1-6H2,(H,17,18)(H2,15,16,19). The minimum Gasteiger partial charge on any atom is -0.481 e. The molecule has 2 atom stereocenters. The molecule has 1 fully saturated rings. The lowest BCUT2D eigenvalue weighted by molar-refractivity contribution is -0.143. The van der Waals surface area contributed by atoms with Crippen molar-refractivity contribution in [1.82, 2.24) is 10.6 Å². The molecule has 9 heteroatoms. The Hall–Kier alpha value is -1.12. The summed E-state index contributed by atoms with van der Waals surface area (Å²) in [6.45, 7) is -0.0922. The van der Waals surface area contributed by atoms with Crippen molar-refractivity contribution in [1.29, 1.82) is 0 Å². The molecule has 0 bridgehead atoms. The number of carbonyl (C=O) groups is 2. The van der Waals surface area contributed by atoms with Gasteiger partial charge in [0, 0.05) is 18.3 Å². The van der Waals surface area contributed by atoms with E-state index in [0.29, 0.717) is 25.7 Å². The molecule has 2 amide bonds. The van der Waals surface area contributed by atoms with Crippen LogP contribution in [-0.4, -0.2) is 41.0 Å². The number of carboxylic acids is 1. The Kier molecular flexibility index (Phi) is 6.44. The highest BCUT2D eigenvalue weighted by molar-refractivity contribution is 8.00. The molecule has 0 radical (unpaired) electrons. The number of rotatable bonds is 5. The van der Waals surface area contributed by atoms with Crippen LogP contribution >= 0.6 is 11.8 Å². The number of carbonyl (C=O) groups excluding carboxylic acids is 1. The van der Waals surface area contributed by atoms with Crippen molar-refractivity contribution >= 4 is 23.8 Å². The number of aliphatic carboxylic acids is 1. The van der Waals surface area contributed by atoms with Gasteiger partial charge in [0.1, 0.15) is 0 Å². The molecule has 1 saturated carbocycles. The molecular formula is C11H17F3N2O3S. The number of thioether (sulfide) groups is 1. The molecule has 0 heterocycles.